The average molecular weight is 449 g/mol. The van der Waals surface area contributed by atoms with Crippen molar-refractivity contribution in [2.45, 2.75) is 18.7 Å². The molecule has 1 aromatic heterocycles. The van der Waals surface area contributed by atoms with Crippen molar-refractivity contribution in [1.29, 1.82) is 0 Å². The number of hydrogen-bond donors (Lipinski definition) is 1. The number of rotatable bonds is 9. The van der Waals surface area contributed by atoms with Gasteiger partial charge in [-0.2, -0.15) is 4.31 Å². The largest absolute Gasteiger partial charge is 0.462 e. The maximum atomic E-state index is 12.5. The Morgan fingerprint density at radius 2 is 1.61 bits per heavy atom. The summed E-state index contributed by atoms with van der Waals surface area (Å²) >= 11 is 0. The van der Waals surface area contributed by atoms with Crippen molar-refractivity contribution in [3.63, 3.8) is 0 Å². The van der Waals surface area contributed by atoms with Crippen molar-refractivity contribution in [3.8, 4) is 0 Å². The first kappa shape index (κ1) is 24.0. The molecule has 31 heavy (non-hydrogen) atoms. The summed E-state index contributed by atoms with van der Waals surface area (Å²) < 4.78 is 35.8. The topological polar surface area (TPSA) is 132 Å². The third-order valence-corrected chi connectivity index (χ3v) is 5.73. The Labute approximate surface area is 180 Å². The van der Waals surface area contributed by atoms with E-state index in [0.29, 0.717) is 0 Å². The number of esters is 2. The number of carbonyl (C=O) groups is 3. The summed E-state index contributed by atoms with van der Waals surface area (Å²) in [5.74, 6) is -2.04. The average Bonchev–Trinajstić information content (AvgIpc) is 2.74. The van der Waals surface area contributed by atoms with Gasteiger partial charge < -0.3 is 14.8 Å². The molecule has 1 amide bonds. The molecule has 0 unspecified atom stereocenters. The first-order valence-corrected chi connectivity index (χ1v) is 10.8. The molecule has 11 heteroatoms. The molecular weight excluding hydrogens is 426 g/mol. The van der Waals surface area contributed by atoms with E-state index < -0.39 is 34.4 Å². The van der Waals surface area contributed by atoms with Gasteiger partial charge in [-0.1, -0.05) is 0 Å². The quantitative estimate of drug-likeness (QED) is 0.572. The number of amides is 1. The molecular formula is C20H23N3O7S. The molecule has 0 aliphatic rings. The van der Waals surface area contributed by atoms with Gasteiger partial charge in [-0.25, -0.2) is 18.0 Å². The van der Waals surface area contributed by atoms with Crippen LogP contribution in [0.25, 0.3) is 0 Å². The van der Waals surface area contributed by atoms with Gasteiger partial charge in [-0.15, -0.1) is 0 Å². The summed E-state index contributed by atoms with van der Waals surface area (Å²) in [5, 5.41) is 2.49. The van der Waals surface area contributed by atoms with Gasteiger partial charge in [0.2, 0.25) is 15.9 Å². The monoisotopic (exact) mass is 449 g/mol. The number of likely N-dealkylation sites (N-methyl/N-ethyl adjacent to an activating group) is 1. The van der Waals surface area contributed by atoms with Gasteiger partial charge in [-0.05, 0) is 44.2 Å². The molecule has 10 nitrogen and oxygen atoms in total. The molecule has 0 saturated heterocycles. The number of aromatic nitrogens is 1. The Bertz CT molecular complexity index is 1020. The molecule has 1 aromatic carbocycles. The molecule has 166 valence electrons. The summed E-state index contributed by atoms with van der Waals surface area (Å²) in [5.41, 5.74) is 0.198. The van der Waals surface area contributed by atoms with Gasteiger partial charge in [0.15, 0.2) is 0 Å². The number of pyridine rings is 1. The molecule has 2 aromatic rings. The Balaban J connectivity index is 2.22. The van der Waals surface area contributed by atoms with Crippen molar-refractivity contribution >= 4 is 33.6 Å². The fourth-order valence-corrected chi connectivity index (χ4v) is 3.62. The van der Waals surface area contributed by atoms with Gasteiger partial charge in [0, 0.05) is 25.1 Å². The van der Waals surface area contributed by atoms with Crippen LogP contribution in [0.4, 0.5) is 5.69 Å². The van der Waals surface area contributed by atoms with E-state index >= 15 is 0 Å². The molecule has 0 spiro atoms. The molecule has 1 N–H and O–H groups in total. The minimum atomic E-state index is -3.92. The number of hydrogen-bond acceptors (Lipinski definition) is 8. The molecule has 0 radical (unpaired) electrons. The van der Waals surface area contributed by atoms with Gasteiger partial charge >= 0.3 is 11.9 Å². The van der Waals surface area contributed by atoms with Crippen LogP contribution >= 0.6 is 0 Å². The van der Waals surface area contributed by atoms with Gasteiger partial charge in [0.1, 0.15) is 4.90 Å². The van der Waals surface area contributed by atoms with Gasteiger partial charge in [0.25, 0.3) is 0 Å². The second-order valence-corrected chi connectivity index (χ2v) is 8.28. The third kappa shape index (κ3) is 6.33. The van der Waals surface area contributed by atoms with Gasteiger partial charge in [-0.3, -0.25) is 9.78 Å². The van der Waals surface area contributed by atoms with Crippen LogP contribution in [0.5, 0.6) is 0 Å². The lowest BCUT2D eigenvalue weighted by Gasteiger charge is -2.17. The lowest BCUT2D eigenvalue weighted by atomic mass is 10.1. The number of carbonyl (C=O) groups excluding carboxylic acids is 3. The predicted molar refractivity (Wildman–Crippen MR) is 111 cm³/mol. The van der Waals surface area contributed by atoms with Crippen molar-refractivity contribution < 1.29 is 32.3 Å². The number of nitrogens with one attached hydrogen (secondary N) is 1. The van der Waals surface area contributed by atoms with Crippen LogP contribution in [-0.4, -0.2) is 62.4 Å². The normalized spacial score (nSPS) is 11.1. The van der Waals surface area contributed by atoms with Gasteiger partial charge in [0.05, 0.1) is 30.9 Å². The summed E-state index contributed by atoms with van der Waals surface area (Å²) in [4.78, 5) is 40.4. The fourth-order valence-electron chi connectivity index (χ4n) is 2.53. The number of anilines is 1. The lowest BCUT2D eigenvalue weighted by Crippen LogP contribution is -2.35. The van der Waals surface area contributed by atoms with Crippen molar-refractivity contribution in [2.24, 2.45) is 0 Å². The number of sulfonamides is 1. The number of ether oxygens (including phenoxy) is 2. The molecule has 0 aliphatic carbocycles. The molecule has 1 heterocycles. The molecule has 0 aliphatic heterocycles. The Hall–Kier alpha value is -3.31. The highest BCUT2D eigenvalue weighted by molar-refractivity contribution is 7.89. The van der Waals surface area contributed by atoms with E-state index in [4.69, 9.17) is 9.47 Å². The number of nitrogens with zero attached hydrogens (tertiary/aromatic N) is 2. The maximum absolute atomic E-state index is 12.5. The minimum Gasteiger partial charge on any atom is -0.462 e. The van der Waals surface area contributed by atoms with Crippen LogP contribution in [0.3, 0.4) is 0 Å². The van der Waals surface area contributed by atoms with Crippen LogP contribution in [0.15, 0.2) is 47.6 Å². The minimum absolute atomic E-state index is 0.0408. The van der Waals surface area contributed by atoms with Crippen LogP contribution in [0, 0.1) is 0 Å². The van der Waals surface area contributed by atoms with E-state index in [1.807, 2.05) is 0 Å². The predicted octanol–water partition coefficient (Wildman–Crippen LogP) is 1.69. The second-order valence-electron chi connectivity index (χ2n) is 6.24. The van der Waals surface area contributed by atoms with Crippen LogP contribution in [0.2, 0.25) is 0 Å². The standard InChI is InChI=1S/C20H23N3O7S/c1-4-29-19(25)14-9-15(20(26)30-5-2)11-16(10-14)22-18(24)13-23(3)31(27,28)17-7-6-8-21-12-17/h6-12H,4-5,13H2,1-3H3,(H,22,24). The zero-order chi connectivity index (χ0) is 23.0. The molecule has 2 rings (SSSR count). The highest BCUT2D eigenvalue weighted by Crippen LogP contribution is 2.18. The Kier molecular flexibility index (Phi) is 8.22. The number of benzene rings is 1. The molecule has 0 saturated carbocycles. The van der Waals surface area contributed by atoms with E-state index in [1.54, 1.807) is 13.8 Å². The maximum Gasteiger partial charge on any atom is 0.338 e. The Morgan fingerprint density at radius 1 is 1.03 bits per heavy atom. The first-order valence-electron chi connectivity index (χ1n) is 9.34. The summed E-state index contributed by atoms with van der Waals surface area (Å²) in [6.45, 7) is 3.01. The summed E-state index contributed by atoms with van der Waals surface area (Å²) in [6, 6.07) is 6.79. The zero-order valence-electron chi connectivity index (χ0n) is 17.3. The van der Waals surface area contributed by atoms with Crippen molar-refractivity contribution in [2.75, 3.05) is 32.1 Å². The first-order chi connectivity index (χ1) is 14.7. The molecule has 0 bridgehead atoms. The molecule has 0 fully saturated rings. The zero-order valence-corrected chi connectivity index (χ0v) is 18.1. The third-order valence-electron chi connectivity index (χ3n) is 3.95. The smallest absolute Gasteiger partial charge is 0.338 e. The summed E-state index contributed by atoms with van der Waals surface area (Å²) in [7, 11) is -2.67. The van der Waals surface area contributed by atoms with E-state index in [2.05, 4.69) is 10.3 Å². The van der Waals surface area contributed by atoms with Crippen LogP contribution in [0.1, 0.15) is 34.6 Å². The fraction of sp³-hybridized carbons (Fsp3) is 0.300. The highest BCUT2D eigenvalue weighted by atomic mass is 32.2. The van der Waals surface area contributed by atoms with Crippen molar-refractivity contribution in [1.82, 2.24) is 9.29 Å². The van der Waals surface area contributed by atoms with Crippen molar-refractivity contribution in [3.05, 3.63) is 53.9 Å². The molecule has 0 atom stereocenters. The Morgan fingerprint density at radius 3 is 2.10 bits per heavy atom. The van der Waals surface area contributed by atoms with E-state index in [1.165, 1.54) is 49.8 Å². The second kappa shape index (κ2) is 10.6. The summed E-state index contributed by atoms with van der Waals surface area (Å²) in [6.07, 6.45) is 2.61. The van der Waals surface area contributed by atoms with E-state index in [9.17, 15) is 22.8 Å². The van der Waals surface area contributed by atoms with E-state index in [0.717, 1.165) is 4.31 Å². The highest BCUT2D eigenvalue weighted by Gasteiger charge is 2.23. The van der Waals surface area contributed by atoms with Crippen LogP contribution in [-0.2, 0) is 24.3 Å². The lowest BCUT2D eigenvalue weighted by molar-refractivity contribution is -0.116. The van der Waals surface area contributed by atoms with Crippen LogP contribution < -0.4 is 5.32 Å². The SMILES string of the molecule is CCOC(=O)c1cc(NC(=O)CN(C)S(=O)(=O)c2cccnc2)cc(C(=O)OCC)c1. The van der Waals surface area contributed by atoms with E-state index in [-0.39, 0.29) is 34.9 Å².